The number of carbonyl (C=O) groups excluding carboxylic acids is 5. The number of carbonyl (C=O) groups is 5. The number of hydrogen-bond donors (Lipinski definition) is 5. The van der Waals surface area contributed by atoms with Crippen LogP contribution in [0.5, 0.6) is 0 Å². The Kier molecular flexibility index (Phi) is 20.0. The van der Waals surface area contributed by atoms with Crippen LogP contribution in [0.4, 0.5) is 28.9 Å². The number of thiazole rings is 1. The van der Waals surface area contributed by atoms with Crippen molar-refractivity contribution in [1.29, 1.82) is 0 Å². The number of β-amino-alcohol motifs (C(OH)–C–C–N with tert-alkyl or cyclic N) is 1. The highest BCUT2D eigenvalue weighted by Gasteiger charge is 2.45. The number of aromatic nitrogens is 2. The number of aliphatic hydroxyl groups is 1. The Hall–Kier alpha value is -6.45. The van der Waals surface area contributed by atoms with Crippen molar-refractivity contribution < 1.29 is 46.6 Å². The summed E-state index contributed by atoms with van der Waals surface area (Å²) in [6.45, 7) is 13.3. The molecule has 0 spiro atoms. The molecule has 5 amide bonds. The molecule has 0 aliphatic carbocycles. The Bertz CT molecular complexity index is 2910. The number of benzene rings is 2. The molecular weight excluding hydrogens is 1040 g/mol. The summed E-state index contributed by atoms with van der Waals surface area (Å²) in [5.74, 6) is -2.77. The summed E-state index contributed by atoms with van der Waals surface area (Å²) in [6.07, 6.45) is 3.25. The number of aryl methyl sites for hydroxylation is 1. The van der Waals surface area contributed by atoms with Gasteiger partial charge in [0.2, 0.25) is 29.2 Å². The molecule has 1 unspecified atom stereocenters. The molecule has 4 aromatic rings. The lowest BCUT2D eigenvalue weighted by Crippen LogP contribution is -2.57. The summed E-state index contributed by atoms with van der Waals surface area (Å²) in [6, 6.07) is 9.20. The normalized spacial score (nSPS) is 19.5. The number of rotatable bonds is 20. The Labute approximate surface area is 463 Å². The van der Waals surface area contributed by atoms with Gasteiger partial charge in [0.1, 0.15) is 17.9 Å². The minimum absolute atomic E-state index is 0.0124. The number of alkyl halides is 3. The fraction of sp³-hybridized carbons (Fsp3) is 0.534. The van der Waals surface area contributed by atoms with E-state index >= 15 is 4.39 Å². The summed E-state index contributed by atoms with van der Waals surface area (Å²) in [7, 11) is 1.98. The van der Waals surface area contributed by atoms with Gasteiger partial charge in [-0.15, -0.1) is 11.3 Å². The summed E-state index contributed by atoms with van der Waals surface area (Å²) in [5.41, 5.74) is 2.00. The van der Waals surface area contributed by atoms with Gasteiger partial charge < -0.3 is 40.7 Å². The number of unbranched alkanes of at least 4 members (excludes halogenated alkanes) is 6. The average Bonchev–Trinajstić information content (AvgIpc) is 4.06. The predicted molar refractivity (Wildman–Crippen MR) is 298 cm³/mol. The van der Waals surface area contributed by atoms with Crippen molar-refractivity contribution in [1.82, 2.24) is 35.3 Å². The second kappa shape index (κ2) is 26.2. The maximum absolute atomic E-state index is 16.2. The SMILES string of the molecule is Cc1ncsc1-c1ccc(CNC(=O)[C@@H]2C[C@@H](O)CN2C(=O)C(NC(=O)CCCCCCCCCC(=O)N2CC=C(c3cc(NC(=O)c4c[nH]c(=O)cc4C(F)(F)F)c(N4C[C@@H](C)N(C)[C@@H](C)C4)cc3F)CC2)C(C)(C)C)cc1. The van der Waals surface area contributed by atoms with Gasteiger partial charge in [0.05, 0.1) is 44.7 Å². The zero-order chi connectivity index (χ0) is 57.3. The van der Waals surface area contributed by atoms with Gasteiger partial charge >= 0.3 is 6.18 Å². The number of anilines is 2. The van der Waals surface area contributed by atoms with Crippen LogP contribution in [0, 0.1) is 18.2 Å². The third-order valence-electron chi connectivity index (χ3n) is 15.4. The first-order valence-electron chi connectivity index (χ1n) is 27.3. The molecule has 2 aromatic heterocycles. The lowest BCUT2D eigenvalue weighted by atomic mass is 9.85. The molecule has 2 aromatic carbocycles. The van der Waals surface area contributed by atoms with Crippen molar-refractivity contribution in [3.63, 3.8) is 0 Å². The molecule has 5 atom stereocenters. The molecule has 0 radical (unpaired) electrons. The van der Waals surface area contributed by atoms with Crippen LogP contribution in [-0.2, 0) is 31.9 Å². The highest BCUT2D eigenvalue weighted by Crippen LogP contribution is 2.38. The molecule has 5 heterocycles. The van der Waals surface area contributed by atoms with E-state index in [2.05, 4.69) is 30.8 Å². The number of nitrogens with zero attached hydrogens (tertiary/aromatic N) is 5. The minimum Gasteiger partial charge on any atom is -0.391 e. The second-order valence-corrected chi connectivity index (χ2v) is 23.3. The highest BCUT2D eigenvalue weighted by atomic mass is 32.1. The zero-order valence-electron chi connectivity index (χ0n) is 46.2. The number of piperazine rings is 1. The first-order valence-corrected chi connectivity index (χ1v) is 28.2. The van der Waals surface area contributed by atoms with Crippen LogP contribution in [-0.4, -0.2) is 129 Å². The topological polar surface area (TPSA) is 200 Å². The Morgan fingerprint density at radius 2 is 1.57 bits per heavy atom. The Balaban J connectivity index is 0.837. The number of H-pyrrole nitrogens is 1. The number of amides is 5. The van der Waals surface area contributed by atoms with Crippen molar-refractivity contribution >= 4 is 57.8 Å². The van der Waals surface area contributed by atoms with Crippen molar-refractivity contribution in [3.8, 4) is 10.4 Å². The third kappa shape index (κ3) is 15.5. The van der Waals surface area contributed by atoms with E-state index in [1.165, 1.54) is 17.0 Å². The number of likely N-dealkylation sites (N-methyl/N-ethyl adjacent to an activating group) is 1. The molecule has 3 aliphatic heterocycles. The van der Waals surface area contributed by atoms with E-state index in [1.54, 1.807) is 27.8 Å². The van der Waals surface area contributed by atoms with E-state index in [0.29, 0.717) is 62.6 Å². The second-order valence-electron chi connectivity index (χ2n) is 22.4. The molecule has 21 heteroatoms. The fourth-order valence-corrected chi connectivity index (χ4v) is 11.4. The monoisotopic (exact) mass is 1120 g/mol. The summed E-state index contributed by atoms with van der Waals surface area (Å²) < 4.78 is 58.1. The van der Waals surface area contributed by atoms with Crippen LogP contribution >= 0.6 is 11.3 Å². The molecule has 7 rings (SSSR count). The van der Waals surface area contributed by atoms with Gasteiger partial charge in [-0.3, -0.25) is 33.7 Å². The summed E-state index contributed by atoms with van der Waals surface area (Å²) in [5, 5.41) is 19.1. The predicted octanol–water partition coefficient (Wildman–Crippen LogP) is 8.68. The molecule has 3 aliphatic rings. The number of hydrogen-bond acceptors (Lipinski definition) is 11. The van der Waals surface area contributed by atoms with Crippen LogP contribution in [0.2, 0.25) is 0 Å². The van der Waals surface area contributed by atoms with Crippen LogP contribution in [0.1, 0.15) is 138 Å². The molecule has 5 N–H and O–H groups in total. The van der Waals surface area contributed by atoms with Gasteiger partial charge in [-0.1, -0.05) is 83.2 Å². The fourth-order valence-electron chi connectivity index (χ4n) is 10.6. The Morgan fingerprint density at radius 3 is 2.18 bits per heavy atom. The molecule has 428 valence electrons. The smallest absolute Gasteiger partial charge is 0.391 e. The lowest BCUT2D eigenvalue weighted by molar-refractivity contribution is -0.144. The quantitative estimate of drug-likeness (QED) is 0.0421. The van der Waals surface area contributed by atoms with E-state index in [0.717, 1.165) is 60.0 Å². The molecule has 2 saturated heterocycles. The van der Waals surface area contributed by atoms with Gasteiger partial charge in [-0.05, 0) is 81.3 Å². The summed E-state index contributed by atoms with van der Waals surface area (Å²) in [4.78, 5) is 94.2. The van der Waals surface area contributed by atoms with Crippen molar-refractivity contribution in [2.24, 2.45) is 5.41 Å². The minimum atomic E-state index is -4.99. The van der Waals surface area contributed by atoms with E-state index < -0.39 is 64.1 Å². The van der Waals surface area contributed by atoms with Crippen LogP contribution in [0.3, 0.4) is 0 Å². The van der Waals surface area contributed by atoms with E-state index in [-0.39, 0.29) is 73.5 Å². The van der Waals surface area contributed by atoms with Crippen LogP contribution in [0.15, 0.2) is 65.0 Å². The van der Waals surface area contributed by atoms with E-state index in [4.69, 9.17) is 0 Å². The Morgan fingerprint density at radius 1 is 0.911 bits per heavy atom. The number of aromatic amines is 1. The molecule has 0 saturated carbocycles. The van der Waals surface area contributed by atoms with Crippen LogP contribution in [0.25, 0.3) is 16.0 Å². The highest BCUT2D eigenvalue weighted by molar-refractivity contribution is 7.13. The molecule has 2 fully saturated rings. The number of likely N-dealkylation sites (tertiary alicyclic amines) is 1. The van der Waals surface area contributed by atoms with E-state index in [1.807, 2.05) is 77.8 Å². The molecule has 0 bridgehead atoms. The molecular formula is C58H75F4N9O7S. The maximum Gasteiger partial charge on any atom is 0.417 e. The number of nitrogens with one attached hydrogen (secondary N) is 4. The van der Waals surface area contributed by atoms with Gasteiger partial charge in [0, 0.05) is 88.4 Å². The first kappa shape index (κ1) is 60.2. The van der Waals surface area contributed by atoms with E-state index in [9.17, 15) is 47.0 Å². The lowest BCUT2D eigenvalue weighted by Gasteiger charge is -2.44. The number of pyridine rings is 1. The maximum atomic E-state index is 16.2. The average molecular weight is 1120 g/mol. The number of aliphatic hydroxyl groups excluding tert-OH is 1. The molecule has 79 heavy (non-hydrogen) atoms. The van der Waals surface area contributed by atoms with Crippen molar-refractivity contribution in [2.75, 3.05) is 50.0 Å². The first-order chi connectivity index (χ1) is 37.4. The zero-order valence-corrected chi connectivity index (χ0v) is 47.1. The van der Waals surface area contributed by atoms with Crippen molar-refractivity contribution in [2.45, 2.75) is 155 Å². The standard InChI is InChI=1S/C58H75F4N9O7S/c1-35-31-70(32-36(2)68(35)7)47-28-45(59)42(26-46(47)66-54(76)43-30-63-50(74)27-44(43)58(60,61)62)39-21-23-69(24-22-39)51(75)16-14-12-10-8-9-11-13-15-49(73)67-53(57(4,5)6)56(78)71-33-41(72)25-48(71)55(77)64-29-38-17-19-40(20-18-38)52-37(3)65-34-79-52/h17-21,26-28,30,34-36,41,48,53,72H,8-16,22-25,29,31-33H2,1-7H3,(H,63,74)(H,64,77)(H,66,76)(H,67,73)/t35-,36+,41-,48+,53?/m1/s1. The largest absolute Gasteiger partial charge is 0.417 e. The number of halogens is 4. The van der Waals surface area contributed by atoms with Gasteiger partial charge in [0.25, 0.3) is 5.91 Å². The van der Waals surface area contributed by atoms with Gasteiger partial charge in [0.15, 0.2) is 0 Å². The van der Waals surface area contributed by atoms with Crippen molar-refractivity contribution in [3.05, 3.63) is 104 Å². The summed E-state index contributed by atoms with van der Waals surface area (Å²) >= 11 is 1.56. The molecule has 16 nitrogen and oxygen atoms in total. The third-order valence-corrected chi connectivity index (χ3v) is 16.4. The van der Waals surface area contributed by atoms with Gasteiger partial charge in [-0.25, -0.2) is 9.37 Å². The van der Waals surface area contributed by atoms with Gasteiger partial charge in [-0.2, -0.15) is 13.2 Å². The van der Waals surface area contributed by atoms with Crippen LogP contribution < -0.4 is 26.4 Å².